The van der Waals surface area contributed by atoms with Crippen molar-refractivity contribution in [3.8, 4) is 0 Å². The van der Waals surface area contributed by atoms with E-state index in [2.05, 4.69) is 45.3 Å². The zero-order chi connectivity index (χ0) is 14.2. The van der Waals surface area contributed by atoms with Crippen molar-refractivity contribution in [1.82, 2.24) is 10.2 Å². The fraction of sp³-hybridized carbons (Fsp3) is 0.800. The van der Waals surface area contributed by atoms with E-state index in [-0.39, 0.29) is 17.7 Å². The van der Waals surface area contributed by atoms with Gasteiger partial charge in [-0.1, -0.05) is 0 Å². The molecule has 0 aromatic rings. The van der Waals surface area contributed by atoms with Crippen molar-refractivity contribution < 1.29 is 19.1 Å². The number of amides is 1. The number of likely N-dealkylation sites (N-methyl/N-ethyl adjacent to an activating group) is 2. The molecule has 0 aliphatic carbocycles. The van der Waals surface area contributed by atoms with Gasteiger partial charge in [0, 0.05) is 7.05 Å². The van der Waals surface area contributed by atoms with Crippen molar-refractivity contribution in [3.63, 3.8) is 0 Å². The molecule has 1 unspecified atom stereocenters. The van der Waals surface area contributed by atoms with Gasteiger partial charge in [0.05, 0.1) is 11.6 Å². The first-order valence-electron chi connectivity index (χ1n) is 5.04. The summed E-state index contributed by atoms with van der Waals surface area (Å²) in [6.45, 7) is 6.80. The van der Waals surface area contributed by atoms with Crippen LogP contribution in [0.15, 0.2) is 0 Å². The van der Waals surface area contributed by atoms with Crippen LogP contribution in [0.5, 0.6) is 0 Å². The molecule has 0 saturated carbocycles. The Kier molecular flexibility index (Phi) is 12.0. The van der Waals surface area contributed by atoms with Crippen LogP contribution in [-0.2, 0) is 19.1 Å². The molecule has 1 atom stereocenters. The van der Waals surface area contributed by atoms with Gasteiger partial charge in [0.15, 0.2) is 5.78 Å². The van der Waals surface area contributed by atoms with Crippen molar-refractivity contribution in [3.05, 3.63) is 0 Å². The number of nitrogens with zero attached hydrogens (tertiary/aromatic N) is 1. The maximum atomic E-state index is 11.9. The van der Waals surface area contributed by atoms with Crippen molar-refractivity contribution in [1.29, 1.82) is 0 Å². The van der Waals surface area contributed by atoms with E-state index in [1.54, 1.807) is 34.9 Å². The second-order valence-corrected chi connectivity index (χ2v) is 15.9. The van der Waals surface area contributed by atoms with E-state index >= 15 is 0 Å². The van der Waals surface area contributed by atoms with Crippen LogP contribution in [0.1, 0.15) is 27.7 Å². The third-order valence-corrected chi connectivity index (χ3v) is 2.65. The van der Waals surface area contributed by atoms with Crippen LogP contribution in [0.3, 0.4) is 0 Å². The Balaban J connectivity index is 0. The van der Waals surface area contributed by atoms with Crippen LogP contribution >= 0.6 is 40.0 Å². The molecular formula is C10H20I2N2O2V. The molecule has 1 N–H and O–H groups in total. The van der Waals surface area contributed by atoms with Crippen LogP contribution in [0.25, 0.3) is 0 Å². The Morgan fingerprint density at radius 2 is 1.71 bits per heavy atom. The van der Waals surface area contributed by atoms with E-state index in [1.165, 1.54) is 11.8 Å². The summed E-state index contributed by atoms with van der Waals surface area (Å²) in [6, 6.07) is -0.366. The Morgan fingerprint density at radius 3 is 1.94 bits per heavy atom. The standard InChI is InChI=1S/C10H20N2O2.2HI.V/c1-7(8(2)13)12(6)9(14)10(3,4)11-5;;;/h7,11H,1-6H3;2*1H;/q;;;+2/p-2. The van der Waals surface area contributed by atoms with Gasteiger partial charge in [0.25, 0.3) is 0 Å². The van der Waals surface area contributed by atoms with Gasteiger partial charge in [-0.2, -0.15) is 0 Å². The molecule has 0 spiro atoms. The Labute approximate surface area is 133 Å². The fourth-order valence-corrected chi connectivity index (χ4v) is 0.996. The number of Topliss-reactive ketones (excluding diaryl/α,β-unsaturated/α-hetero) is 1. The minimum absolute atomic E-state index is 0.00671. The predicted octanol–water partition coefficient (Wildman–Crippen LogP) is 2.19. The summed E-state index contributed by atoms with van der Waals surface area (Å²) in [5, 5.41) is 2.91. The predicted molar refractivity (Wildman–Crippen MR) is 84.1 cm³/mol. The molecule has 7 heteroatoms. The first kappa shape index (κ1) is 20.5. The molecule has 0 aromatic carbocycles. The average Bonchev–Trinajstić information content (AvgIpc) is 2.26. The number of hydrogen-bond acceptors (Lipinski definition) is 3. The summed E-state index contributed by atoms with van der Waals surface area (Å²) in [4.78, 5) is 24.4. The van der Waals surface area contributed by atoms with Gasteiger partial charge in [0.1, 0.15) is 0 Å². The SMILES string of the molecule is CNC(C)(C)C(=O)N(C)C(C)C(C)=O.[I][V][I]. The van der Waals surface area contributed by atoms with Crippen molar-refractivity contribution in [2.45, 2.75) is 39.3 Å². The molecule has 0 rings (SSSR count). The number of hydrogen-bond donors (Lipinski definition) is 1. The first-order chi connectivity index (χ1) is 7.65. The average molecular weight is 505 g/mol. The zero-order valence-electron chi connectivity index (χ0n) is 11.0. The van der Waals surface area contributed by atoms with Crippen molar-refractivity contribution in [2.24, 2.45) is 0 Å². The molecular weight excluding hydrogens is 485 g/mol. The summed E-state index contributed by atoms with van der Waals surface area (Å²) in [5.74, 6) is -0.0875. The topological polar surface area (TPSA) is 49.4 Å². The van der Waals surface area contributed by atoms with Gasteiger partial charge in [0.2, 0.25) is 5.91 Å². The zero-order valence-corrected chi connectivity index (χ0v) is 16.8. The normalized spacial score (nSPS) is 12.0. The summed E-state index contributed by atoms with van der Waals surface area (Å²) in [7, 11) is 4.00. The molecule has 1 amide bonds. The van der Waals surface area contributed by atoms with Crippen LogP contribution in [0.4, 0.5) is 0 Å². The van der Waals surface area contributed by atoms with Gasteiger partial charge in [-0.3, -0.25) is 9.59 Å². The molecule has 0 bridgehead atoms. The van der Waals surface area contributed by atoms with E-state index < -0.39 is 5.54 Å². The van der Waals surface area contributed by atoms with E-state index in [4.69, 9.17) is 0 Å². The number of nitrogens with one attached hydrogen (secondary N) is 1. The van der Waals surface area contributed by atoms with Crippen molar-refractivity contribution >= 4 is 51.6 Å². The molecule has 4 nitrogen and oxygen atoms in total. The molecule has 0 aromatic heterocycles. The van der Waals surface area contributed by atoms with Gasteiger partial charge in [-0.15, -0.1) is 0 Å². The molecule has 0 heterocycles. The fourth-order valence-electron chi connectivity index (χ4n) is 0.996. The van der Waals surface area contributed by atoms with E-state index in [1.807, 2.05) is 0 Å². The summed E-state index contributed by atoms with van der Waals surface area (Å²) in [5.41, 5.74) is -0.627. The summed E-state index contributed by atoms with van der Waals surface area (Å²) < 4.78 is 0. The van der Waals surface area contributed by atoms with Crippen LogP contribution in [-0.4, -0.2) is 42.3 Å². The summed E-state index contributed by atoms with van der Waals surface area (Å²) >= 11 is 4.74. The number of carbonyl (C=O) groups excluding carboxylic acids is 2. The van der Waals surface area contributed by atoms with Gasteiger partial charge in [-0.05, 0) is 34.7 Å². The molecule has 0 aliphatic rings. The van der Waals surface area contributed by atoms with Crippen LogP contribution in [0, 0.1) is 0 Å². The molecule has 0 aliphatic heterocycles. The quantitative estimate of drug-likeness (QED) is 0.597. The van der Waals surface area contributed by atoms with E-state index in [0.717, 1.165) is 0 Å². The Hall–Kier alpha value is 1.14. The number of carbonyl (C=O) groups is 2. The first-order valence-corrected chi connectivity index (χ1v) is 14.1. The maximum absolute atomic E-state index is 11.9. The van der Waals surface area contributed by atoms with E-state index in [9.17, 15) is 9.59 Å². The van der Waals surface area contributed by atoms with Gasteiger partial charge < -0.3 is 10.2 Å². The molecule has 0 radical (unpaired) electrons. The molecule has 101 valence electrons. The van der Waals surface area contributed by atoms with E-state index in [0.29, 0.717) is 9.47 Å². The Morgan fingerprint density at radius 1 is 1.35 bits per heavy atom. The second kappa shape index (κ2) is 9.99. The molecule has 0 saturated heterocycles. The van der Waals surface area contributed by atoms with Gasteiger partial charge >= 0.3 is 49.4 Å². The second-order valence-electron chi connectivity index (χ2n) is 4.14. The number of halogens is 2. The van der Waals surface area contributed by atoms with Gasteiger partial charge in [-0.25, -0.2) is 0 Å². The third-order valence-electron chi connectivity index (χ3n) is 2.65. The van der Waals surface area contributed by atoms with Crippen molar-refractivity contribution in [2.75, 3.05) is 14.1 Å². The molecule has 17 heavy (non-hydrogen) atoms. The third kappa shape index (κ3) is 8.02. The van der Waals surface area contributed by atoms with Crippen LogP contribution < -0.4 is 5.32 Å². The minimum atomic E-state index is -0.627. The monoisotopic (exact) mass is 505 g/mol. The van der Waals surface area contributed by atoms with Crippen LogP contribution in [0.2, 0.25) is 0 Å². The Bertz CT molecular complexity index is 263. The molecule has 0 fully saturated rings. The number of rotatable bonds is 4. The number of ketones is 1. The summed E-state index contributed by atoms with van der Waals surface area (Å²) in [6.07, 6.45) is 0.